The molecule has 0 spiro atoms. The van der Waals surface area contributed by atoms with Crippen molar-refractivity contribution in [3.63, 3.8) is 0 Å². The summed E-state index contributed by atoms with van der Waals surface area (Å²) in [5.41, 5.74) is 6.05. The molecular formula is C6H9N3O. The smallest absolute Gasteiger partial charge is 0.140 e. The molecule has 0 bridgehead atoms. The summed E-state index contributed by atoms with van der Waals surface area (Å²) in [6.07, 6.45) is 1.54. The second kappa shape index (κ2) is 3.12. The Morgan fingerprint density at radius 2 is 2.50 bits per heavy atom. The van der Waals surface area contributed by atoms with Crippen molar-refractivity contribution in [2.75, 3.05) is 7.11 Å². The predicted octanol–water partition coefficient (Wildman–Crippen LogP) is -0.0561. The summed E-state index contributed by atoms with van der Waals surface area (Å²) < 4.78 is 4.90. The van der Waals surface area contributed by atoms with E-state index >= 15 is 0 Å². The molecule has 4 heteroatoms. The highest BCUT2D eigenvalue weighted by atomic mass is 16.5. The van der Waals surface area contributed by atoms with Crippen LogP contribution in [0.5, 0.6) is 5.75 Å². The van der Waals surface area contributed by atoms with Gasteiger partial charge in [0.15, 0.2) is 0 Å². The van der Waals surface area contributed by atoms with Crippen molar-refractivity contribution in [3.8, 4) is 5.75 Å². The van der Waals surface area contributed by atoms with E-state index in [0.29, 0.717) is 12.3 Å². The topological polar surface area (TPSA) is 61.0 Å². The Labute approximate surface area is 59.0 Å². The number of ether oxygens (including phenoxy) is 1. The van der Waals surface area contributed by atoms with Gasteiger partial charge in [-0.15, -0.1) is 0 Å². The molecule has 0 saturated carbocycles. The molecule has 0 saturated heterocycles. The zero-order valence-electron chi connectivity index (χ0n) is 5.74. The third-order valence-corrected chi connectivity index (χ3v) is 1.12. The van der Waals surface area contributed by atoms with Gasteiger partial charge in [0.2, 0.25) is 0 Å². The largest absolute Gasteiger partial charge is 0.495 e. The lowest BCUT2D eigenvalue weighted by Crippen LogP contribution is -2.01. The molecule has 0 amide bonds. The van der Waals surface area contributed by atoms with Crippen LogP contribution in [0.2, 0.25) is 0 Å². The highest BCUT2D eigenvalue weighted by molar-refractivity contribution is 5.18. The van der Waals surface area contributed by atoms with Gasteiger partial charge in [0.25, 0.3) is 0 Å². The predicted molar refractivity (Wildman–Crippen MR) is 36.5 cm³/mol. The Bertz CT molecular complexity index is 195. The van der Waals surface area contributed by atoms with E-state index in [0.717, 1.165) is 5.69 Å². The number of nitrogens with two attached hydrogens (primary N) is 1. The molecule has 2 N–H and O–H groups in total. The average molecular weight is 139 g/mol. The van der Waals surface area contributed by atoms with Crippen molar-refractivity contribution in [1.29, 1.82) is 0 Å². The van der Waals surface area contributed by atoms with Gasteiger partial charge in [-0.1, -0.05) is 0 Å². The van der Waals surface area contributed by atoms with Crippen molar-refractivity contribution < 1.29 is 4.74 Å². The molecule has 1 heterocycles. The highest BCUT2D eigenvalue weighted by Crippen LogP contribution is 2.06. The van der Waals surface area contributed by atoms with Gasteiger partial charge in [-0.3, -0.25) is 0 Å². The monoisotopic (exact) mass is 139 g/mol. The number of aromatic nitrogens is 2. The van der Waals surface area contributed by atoms with Crippen molar-refractivity contribution >= 4 is 0 Å². The third kappa shape index (κ3) is 1.41. The van der Waals surface area contributed by atoms with E-state index in [1.807, 2.05) is 0 Å². The fourth-order valence-electron chi connectivity index (χ4n) is 0.602. The van der Waals surface area contributed by atoms with Crippen LogP contribution in [0, 0.1) is 0 Å². The van der Waals surface area contributed by atoms with Crippen LogP contribution in [-0.4, -0.2) is 17.3 Å². The van der Waals surface area contributed by atoms with E-state index in [1.165, 1.54) is 0 Å². The van der Waals surface area contributed by atoms with Gasteiger partial charge in [-0.25, -0.2) is 0 Å². The highest BCUT2D eigenvalue weighted by Gasteiger charge is 1.93. The minimum Gasteiger partial charge on any atom is -0.495 e. The number of hydrogen-bond donors (Lipinski definition) is 1. The van der Waals surface area contributed by atoms with Crippen LogP contribution in [-0.2, 0) is 6.54 Å². The molecule has 0 aromatic carbocycles. The maximum absolute atomic E-state index is 5.32. The lowest BCUT2D eigenvalue weighted by atomic mass is 10.4. The van der Waals surface area contributed by atoms with E-state index < -0.39 is 0 Å². The molecular weight excluding hydrogens is 130 g/mol. The normalized spacial score (nSPS) is 9.40. The van der Waals surface area contributed by atoms with Crippen molar-refractivity contribution in [1.82, 2.24) is 10.2 Å². The maximum atomic E-state index is 5.32. The number of methoxy groups -OCH3 is 1. The first-order valence-corrected chi connectivity index (χ1v) is 2.92. The summed E-state index contributed by atoms with van der Waals surface area (Å²) in [5.74, 6) is 0.690. The summed E-state index contributed by atoms with van der Waals surface area (Å²) in [5, 5.41) is 7.42. The Morgan fingerprint density at radius 3 is 3.10 bits per heavy atom. The van der Waals surface area contributed by atoms with Crippen LogP contribution in [0.4, 0.5) is 0 Å². The summed E-state index contributed by atoms with van der Waals surface area (Å²) in [6, 6.07) is 1.76. The molecule has 0 fully saturated rings. The van der Waals surface area contributed by atoms with Gasteiger partial charge in [-0.2, -0.15) is 10.2 Å². The zero-order valence-corrected chi connectivity index (χ0v) is 5.74. The van der Waals surface area contributed by atoms with Gasteiger partial charge >= 0.3 is 0 Å². The van der Waals surface area contributed by atoms with E-state index in [2.05, 4.69) is 10.2 Å². The van der Waals surface area contributed by atoms with Gasteiger partial charge < -0.3 is 10.5 Å². The van der Waals surface area contributed by atoms with E-state index in [4.69, 9.17) is 10.5 Å². The van der Waals surface area contributed by atoms with E-state index in [-0.39, 0.29) is 0 Å². The molecule has 10 heavy (non-hydrogen) atoms. The molecule has 54 valence electrons. The van der Waals surface area contributed by atoms with Gasteiger partial charge in [0.1, 0.15) is 5.75 Å². The van der Waals surface area contributed by atoms with E-state index in [1.54, 1.807) is 19.4 Å². The van der Waals surface area contributed by atoms with Crippen LogP contribution in [0.1, 0.15) is 5.69 Å². The lowest BCUT2D eigenvalue weighted by Gasteiger charge is -1.98. The number of hydrogen-bond acceptors (Lipinski definition) is 4. The molecule has 0 unspecified atom stereocenters. The quantitative estimate of drug-likeness (QED) is 0.623. The summed E-state index contributed by atoms with van der Waals surface area (Å²) in [4.78, 5) is 0. The molecule has 0 aliphatic heterocycles. The van der Waals surface area contributed by atoms with Crippen LogP contribution >= 0.6 is 0 Å². The second-order valence-corrected chi connectivity index (χ2v) is 1.79. The summed E-state index contributed by atoms with van der Waals surface area (Å²) >= 11 is 0. The molecule has 1 aromatic rings. The average Bonchev–Trinajstić information content (AvgIpc) is 2.05. The standard InChI is InChI=1S/C6H9N3O/c1-10-6-2-5(3-7)9-8-4-6/h2,4H,3,7H2,1H3. The first kappa shape index (κ1) is 6.95. The van der Waals surface area contributed by atoms with E-state index in [9.17, 15) is 0 Å². The van der Waals surface area contributed by atoms with Crippen molar-refractivity contribution in [3.05, 3.63) is 18.0 Å². The van der Waals surface area contributed by atoms with Gasteiger partial charge in [0.05, 0.1) is 19.0 Å². The Balaban J connectivity index is 2.87. The van der Waals surface area contributed by atoms with Crippen LogP contribution in [0.15, 0.2) is 12.3 Å². The minimum atomic E-state index is 0.393. The maximum Gasteiger partial charge on any atom is 0.140 e. The lowest BCUT2D eigenvalue weighted by molar-refractivity contribution is 0.410. The number of rotatable bonds is 2. The molecule has 4 nitrogen and oxygen atoms in total. The van der Waals surface area contributed by atoms with Crippen molar-refractivity contribution in [2.45, 2.75) is 6.54 Å². The molecule has 0 atom stereocenters. The minimum absolute atomic E-state index is 0.393. The van der Waals surface area contributed by atoms with Crippen LogP contribution in [0.3, 0.4) is 0 Å². The fourth-order valence-corrected chi connectivity index (χ4v) is 0.602. The molecule has 1 aromatic heterocycles. The summed E-state index contributed by atoms with van der Waals surface area (Å²) in [6.45, 7) is 0.393. The Morgan fingerprint density at radius 1 is 1.70 bits per heavy atom. The SMILES string of the molecule is COc1cnnc(CN)c1. The molecule has 1 rings (SSSR count). The third-order valence-electron chi connectivity index (χ3n) is 1.12. The van der Waals surface area contributed by atoms with Gasteiger partial charge in [0, 0.05) is 12.6 Å². The Kier molecular flexibility index (Phi) is 2.17. The van der Waals surface area contributed by atoms with Gasteiger partial charge in [-0.05, 0) is 0 Å². The molecule has 0 radical (unpaired) electrons. The fraction of sp³-hybridized carbons (Fsp3) is 0.333. The summed E-state index contributed by atoms with van der Waals surface area (Å²) in [7, 11) is 1.58. The van der Waals surface area contributed by atoms with Crippen molar-refractivity contribution in [2.24, 2.45) is 5.73 Å². The number of nitrogens with zero attached hydrogens (tertiary/aromatic N) is 2. The Hall–Kier alpha value is -1.16. The molecule has 0 aliphatic rings. The first-order valence-electron chi connectivity index (χ1n) is 2.92. The van der Waals surface area contributed by atoms with Crippen LogP contribution in [0.25, 0.3) is 0 Å². The van der Waals surface area contributed by atoms with Crippen LogP contribution < -0.4 is 10.5 Å². The zero-order chi connectivity index (χ0) is 7.40. The second-order valence-electron chi connectivity index (χ2n) is 1.79. The first-order chi connectivity index (χ1) is 4.86. The molecule has 0 aliphatic carbocycles.